The van der Waals surface area contributed by atoms with E-state index in [-0.39, 0.29) is 0 Å². The van der Waals surface area contributed by atoms with Crippen LogP contribution in [0.25, 0.3) is 0 Å². The molecule has 4 heteroatoms. The molecule has 1 unspecified atom stereocenters. The Morgan fingerprint density at radius 1 is 1.40 bits per heavy atom. The Hall–Kier alpha value is -0.630. The second-order valence-corrected chi connectivity index (χ2v) is 6.64. The summed E-state index contributed by atoms with van der Waals surface area (Å²) in [7, 11) is 2.21. The summed E-state index contributed by atoms with van der Waals surface area (Å²) >= 11 is 0. The molecule has 20 heavy (non-hydrogen) atoms. The number of piperidine rings is 1. The lowest BCUT2D eigenvalue weighted by molar-refractivity contribution is 0.125. The normalized spacial score (nSPS) is 21.1. The molecule has 0 radical (unpaired) electrons. The summed E-state index contributed by atoms with van der Waals surface area (Å²) in [6.45, 7) is 13.0. The van der Waals surface area contributed by atoms with Crippen LogP contribution in [0, 0.1) is 11.3 Å². The van der Waals surface area contributed by atoms with Crippen molar-refractivity contribution in [3.63, 3.8) is 0 Å². The maximum absolute atomic E-state index is 9.39. The van der Waals surface area contributed by atoms with E-state index in [1.807, 2.05) is 6.92 Å². The molecule has 1 heterocycles. The van der Waals surface area contributed by atoms with Crippen LogP contribution < -0.4 is 5.32 Å². The van der Waals surface area contributed by atoms with Gasteiger partial charge >= 0.3 is 0 Å². The van der Waals surface area contributed by atoms with E-state index in [1.54, 1.807) is 0 Å². The standard InChI is InChI=1S/C16H32N4/c1-6-20-10-7-15(8-11-20)19(5)12-9-16(4,13-17)18-14(2)3/h14-15,18H,6-12H2,1-5H3. The first kappa shape index (κ1) is 17.4. The van der Waals surface area contributed by atoms with Gasteiger partial charge in [-0.05, 0) is 66.7 Å². The smallest absolute Gasteiger partial charge is 0.105 e. The summed E-state index contributed by atoms with van der Waals surface area (Å²) in [5.41, 5.74) is -0.410. The molecule has 0 spiro atoms. The van der Waals surface area contributed by atoms with Crippen LogP contribution >= 0.6 is 0 Å². The van der Waals surface area contributed by atoms with Gasteiger partial charge in [-0.3, -0.25) is 5.32 Å². The Balaban J connectivity index is 2.39. The first-order valence-electron chi connectivity index (χ1n) is 8.01. The van der Waals surface area contributed by atoms with Crippen LogP contribution in [0.5, 0.6) is 0 Å². The predicted molar refractivity (Wildman–Crippen MR) is 84.7 cm³/mol. The minimum atomic E-state index is -0.410. The van der Waals surface area contributed by atoms with Crippen LogP contribution in [0.2, 0.25) is 0 Å². The molecule has 116 valence electrons. The fourth-order valence-electron chi connectivity index (χ4n) is 3.06. The number of nitriles is 1. The maximum Gasteiger partial charge on any atom is 0.105 e. The third-order valence-corrected chi connectivity index (χ3v) is 4.45. The van der Waals surface area contributed by atoms with Gasteiger partial charge in [0.1, 0.15) is 5.54 Å². The third kappa shape index (κ3) is 5.40. The number of nitrogens with one attached hydrogen (secondary N) is 1. The highest BCUT2D eigenvalue weighted by molar-refractivity contribution is 5.04. The van der Waals surface area contributed by atoms with Crippen molar-refractivity contribution in [1.82, 2.24) is 15.1 Å². The van der Waals surface area contributed by atoms with Crippen molar-refractivity contribution in [3.05, 3.63) is 0 Å². The molecule has 0 aromatic carbocycles. The Kier molecular flexibility index (Phi) is 6.94. The third-order valence-electron chi connectivity index (χ3n) is 4.45. The van der Waals surface area contributed by atoms with Crippen LogP contribution in [0.1, 0.15) is 47.0 Å². The van der Waals surface area contributed by atoms with Gasteiger partial charge in [-0.15, -0.1) is 0 Å². The second-order valence-electron chi connectivity index (χ2n) is 6.64. The van der Waals surface area contributed by atoms with Crippen molar-refractivity contribution in [2.45, 2.75) is 64.6 Å². The zero-order valence-electron chi connectivity index (χ0n) is 13.9. The summed E-state index contributed by atoms with van der Waals surface area (Å²) in [6, 6.07) is 3.46. The molecule has 0 aromatic rings. The molecule has 0 aromatic heterocycles. The molecule has 4 nitrogen and oxygen atoms in total. The van der Waals surface area contributed by atoms with Gasteiger partial charge in [-0.25, -0.2) is 0 Å². The van der Waals surface area contributed by atoms with Crippen LogP contribution in [0.15, 0.2) is 0 Å². The zero-order valence-corrected chi connectivity index (χ0v) is 13.9. The summed E-state index contributed by atoms with van der Waals surface area (Å²) in [5.74, 6) is 0. The minimum Gasteiger partial charge on any atom is -0.303 e. The lowest BCUT2D eigenvalue weighted by atomic mass is 9.97. The van der Waals surface area contributed by atoms with Gasteiger partial charge in [0.25, 0.3) is 0 Å². The maximum atomic E-state index is 9.39. The molecular weight excluding hydrogens is 248 g/mol. The molecule has 1 N–H and O–H groups in total. The summed E-state index contributed by atoms with van der Waals surface area (Å²) in [6.07, 6.45) is 3.39. The Morgan fingerprint density at radius 3 is 2.45 bits per heavy atom. The van der Waals surface area contributed by atoms with Crippen molar-refractivity contribution in [1.29, 1.82) is 5.26 Å². The van der Waals surface area contributed by atoms with Gasteiger partial charge in [0.15, 0.2) is 0 Å². The number of rotatable bonds is 7. The molecule has 1 saturated heterocycles. The lowest BCUT2D eigenvalue weighted by Gasteiger charge is -2.37. The first-order valence-corrected chi connectivity index (χ1v) is 8.01. The molecular formula is C16H32N4. The topological polar surface area (TPSA) is 42.3 Å². The number of hydrogen-bond acceptors (Lipinski definition) is 4. The van der Waals surface area contributed by atoms with Crippen LogP contribution in [-0.4, -0.2) is 60.6 Å². The SMILES string of the molecule is CCN1CCC(N(C)CCC(C)(C#N)NC(C)C)CC1. The number of hydrogen-bond donors (Lipinski definition) is 1. The van der Waals surface area contributed by atoms with Crippen LogP contribution in [0.3, 0.4) is 0 Å². The Labute approximate surface area is 125 Å². The molecule has 0 aliphatic carbocycles. The van der Waals surface area contributed by atoms with E-state index in [0.717, 1.165) is 13.0 Å². The molecule has 1 atom stereocenters. The van der Waals surface area contributed by atoms with Gasteiger partial charge in [0.05, 0.1) is 6.07 Å². The van der Waals surface area contributed by atoms with Crippen molar-refractivity contribution in [2.75, 3.05) is 33.2 Å². The van der Waals surface area contributed by atoms with E-state index in [2.05, 4.69) is 49.0 Å². The average molecular weight is 280 g/mol. The van der Waals surface area contributed by atoms with Gasteiger partial charge < -0.3 is 9.80 Å². The second kappa shape index (κ2) is 7.97. The van der Waals surface area contributed by atoms with E-state index < -0.39 is 5.54 Å². The predicted octanol–water partition coefficient (Wildman–Crippen LogP) is 2.07. The van der Waals surface area contributed by atoms with Crippen LogP contribution in [-0.2, 0) is 0 Å². The number of likely N-dealkylation sites (tertiary alicyclic amines) is 1. The van der Waals surface area contributed by atoms with Gasteiger partial charge in [-0.1, -0.05) is 6.92 Å². The Bertz CT molecular complexity index is 315. The van der Waals surface area contributed by atoms with Crippen molar-refractivity contribution in [2.24, 2.45) is 0 Å². The van der Waals surface area contributed by atoms with E-state index in [1.165, 1.54) is 32.5 Å². The van der Waals surface area contributed by atoms with E-state index >= 15 is 0 Å². The number of nitrogens with zero attached hydrogens (tertiary/aromatic N) is 3. The monoisotopic (exact) mass is 280 g/mol. The molecule has 0 saturated carbocycles. The van der Waals surface area contributed by atoms with Gasteiger partial charge in [0.2, 0.25) is 0 Å². The first-order chi connectivity index (χ1) is 9.40. The van der Waals surface area contributed by atoms with Crippen molar-refractivity contribution < 1.29 is 0 Å². The molecule has 1 aliphatic rings. The fourth-order valence-corrected chi connectivity index (χ4v) is 3.06. The van der Waals surface area contributed by atoms with Gasteiger partial charge in [-0.2, -0.15) is 5.26 Å². The van der Waals surface area contributed by atoms with Crippen LogP contribution in [0.4, 0.5) is 0 Å². The molecule has 0 bridgehead atoms. The molecule has 1 aliphatic heterocycles. The largest absolute Gasteiger partial charge is 0.303 e. The lowest BCUT2D eigenvalue weighted by Crippen LogP contribution is -2.49. The quantitative estimate of drug-likeness (QED) is 0.775. The van der Waals surface area contributed by atoms with E-state index in [9.17, 15) is 5.26 Å². The Morgan fingerprint density at radius 2 is 2.00 bits per heavy atom. The average Bonchev–Trinajstić information content (AvgIpc) is 2.44. The highest BCUT2D eigenvalue weighted by Gasteiger charge is 2.27. The summed E-state index contributed by atoms with van der Waals surface area (Å²) in [5, 5.41) is 12.8. The summed E-state index contributed by atoms with van der Waals surface area (Å²) in [4.78, 5) is 4.97. The summed E-state index contributed by atoms with van der Waals surface area (Å²) < 4.78 is 0. The minimum absolute atomic E-state index is 0.345. The van der Waals surface area contributed by atoms with Crippen molar-refractivity contribution >= 4 is 0 Å². The highest BCUT2D eigenvalue weighted by Crippen LogP contribution is 2.17. The van der Waals surface area contributed by atoms with E-state index in [4.69, 9.17) is 0 Å². The zero-order chi connectivity index (χ0) is 15.2. The van der Waals surface area contributed by atoms with Gasteiger partial charge in [0, 0.05) is 18.6 Å². The molecule has 0 amide bonds. The highest BCUT2D eigenvalue weighted by atomic mass is 15.2. The van der Waals surface area contributed by atoms with Crippen molar-refractivity contribution in [3.8, 4) is 6.07 Å². The molecule has 1 fully saturated rings. The fraction of sp³-hybridized carbons (Fsp3) is 0.938. The van der Waals surface area contributed by atoms with E-state index in [0.29, 0.717) is 12.1 Å². The molecule has 1 rings (SSSR count).